The van der Waals surface area contributed by atoms with Crippen LogP contribution in [0.1, 0.15) is 55.3 Å². The number of hydrogen-bond acceptors (Lipinski definition) is 1. The highest BCUT2D eigenvalue weighted by Gasteiger charge is 2.29. The van der Waals surface area contributed by atoms with Crippen molar-refractivity contribution in [3.8, 4) is 0 Å². The fraction of sp³-hybridized carbons (Fsp3) is 0.556. The number of piperidine rings is 1. The minimum Gasteiger partial charge on any atom is -0.358 e. The Morgan fingerprint density at radius 1 is 1.25 bits per heavy atom. The topological polar surface area (TPSA) is 19.0 Å². The van der Waals surface area contributed by atoms with Crippen molar-refractivity contribution in [3.05, 3.63) is 35.0 Å². The first-order valence-electron chi connectivity index (χ1n) is 8.09. The average molecular weight is 268 g/mol. The zero-order chi connectivity index (χ0) is 13.7. The van der Waals surface area contributed by atoms with Crippen LogP contribution < -0.4 is 0 Å². The number of nitrogens with one attached hydrogen (secondary N) is 1. The van der Waals surface area contributed by atoms with E-state index in [0.717, 1.165) is 5.92 Å². The molecule has 3 heterocycles. The lowest BCUT2D eigenvalue weighted by molar-refractivity contribution is 0.217. The first-order chi connectivity index (χ1) is 9.74. The molecule has 2 aliphatic heterocycles. The maximum absolute atomic E-state index is 3.83. The maximum atomic E-state index is 3.83. The summed E-state index contributed by atoms with van der Waals surface area (Å²) in [5, 5.41) is 1.49. The summed E-state index contributed by atoms with van der Waals surface area (Å²) in [4.78, 5) is 6.49. The van der Waals surface area contributed by atoms with Crippen LogP contribution in [0.4, 0.5) is 0 Å². The van der Waals surface area contributed by atoms with E-state index in [1.165, 1.54) is 55.4 Å². The van der Waals surface area contributed by atoms with Crippen molar-refractivity contribution in [2.75, 3.05) is 19.6 Å². The Hall–Kier alpha value is -1.28. The van der Waals surface area contributed by atoms with E-state index in [1.54, 1.807) is 11.3 Å². The number of H-pyrrole nitrogens is 1. The third-order valence-electron chi connectivity index (χ3n) is 5.22. The van der Waals surface area contributed by atoms with Crippen molar-refractivity contribution in [2.45, 2.75) is 44.9 Å². The van der Waals surface area contributed by atoms with Crippen molar-refractivity contribution >= 4 is 10.9 Å². The molecule has 4 rings (SSSR count). The number of aromatic amines is 1. The third kappa shape index (κ3) is 1.81. The predicted molar refractivity (Wildman–Crippen MR) is 84.5 cm³/mol. The number of fused-ring (bicyclic) bond motifs is 6. The van der Waals surface area contributed by atoms with E-state index >= 15 is 0 Å². The van der Waals surface area contributed by atoms with Gasteiger partial charge in [0.05, 0.1) is 0 Å². The Morgan fingerprint density at radius 2 is 2.15 bits per heavy atom. The highest BCUT2D eigenvalue weighted by Crippen LogP contribution is 2.38. The van der Waals surface area contributed by atoms with E-state index in [2.05, 4.69) is 41.9 Å². The van der Waals surface area contributed by atoms with Gasteiger partial charge in [-0.1, -0.05) is 32.0 Å². The summed E-state index contributed by atoms with van der Waals surface area (Å²) in [6.07, 6.45) is 3.93. The summed E-state index contributed by atoms with van der Waals surface area (Å²) in [5.74, 6) is 1.32. The molecule has 2 aliphatic rings. The fourth-order valence-corrected chi connectivity index (χ4v) is 4.18. The van der Waals surface area contributed by atoms with Gasteiger partial charge in [-0.3, -0.25) is 0 Å². The lowest BCUT2D eigenvalue weighted by atomic mass is 9.93. The number of para-hydroxylation sites is 1. The molecule has 2 atom stereocenters. The fourth-order valence-electron chi connectivity index (χ4n) is 4.18. The van der Waals surface area contributed by atoms with Gasteiger partial charge in [-0.15, -0.1) is 0 Å². The zero-order valence-electron chi connectivity index (χ0n) is 12.6. The first kappa shape index (κ1) is 12.5. The van der Waals surface area contributed by atoms with E-state index < -0.39 is 0 Å². The number of rotatable bonds is 1. The average Bonchev–Trinajstić information content (AvgIpc) is 2.78. The van der Waals surface area contributed by atoms with Gasteiger partial charge in [-0.25, -0.2) is 0 Å². The molecule has 2 bridgehead atoms. The van der Waals surface area contributed by atoms with Gasteiger partial charge in [-0.05, 0) is 42.9 Å². The Labute approximate surface area is 121 Å². The second kappa shape index (κ2) is 4.63. The van der Waals surface area contributed by atoms with Gasteiger partial charge >= 0.3 is 0 Å². The normalized spacial score (nSPS) is 25.8. The molecule has 1 fully saturated rings. The summed E-state index contributed by atoms with van der Waals surface area (Å²) < 4.78 is 0. The molecule has 2 heteroatoms. The molecule has 2 aromatic rings. The standard InChI is InChI=1S/C18H24N2/c1-12(2)14-6-3-7-15-16-8-10-20-9-4-5-13(11-20)17(16)19-18(14)15/h3,6-7,12-13,19H,4-5,8-11H2,1-2H3. The van der Waals surface area contributed by atoms with Crippen LogP contribution in [0, 0.1) is 0 Å². The lowest BCUT2D eigenvalue weighted by Gasteiger charge is -2.29. The molecule has 1 aromatic heterocycles. The minimum absolute atomic E-state index is 0.587. The molecule has 1 saturated heterocycles. The van der Waals surface area contributed by atoms with Crippen LogP contribution >= 0.6 is 0 Å². The second-order valence-electron chi connectivity index (χ2n) is 6.83. The lowest BCUT2D eigenvalue weighted by Crippen LogP contribution is -2.33. The number of benzene rings is 1. The largest absolute Gasteiger partial charge is 0.358 e. The molecule has 0 aliphatic carbocycles. The molecule has 0 radical (unpaired) electrons. The molecular weight excluding hydrogens is 244 g/mol. The molecule has 1 N–H and O–H groups in total. The molecule has 0 spiro atoms. The quantitative estimate of drug-likeness (QED) is 0.827. The molecule has 106 valence electrons. The van der Waals surface area contributed by atoms with Gasteiger partial charge < -0.3 is 9.88 Å². The first-order valence-corrected chi connectivity index (χ1v) is 8.09. The Bertz CT molecular complexity index is 638. The van der Waals surface area contributed by atoms with Crippen LogP contribution in [0.25, 0.3) is 10.9 Å². The van der Waals surface area contributed by atoms with Crippen molar-refractivity contribution < 1.29 is 0 Å². The number of nitrogens with zero attached hydrogens (tertiary/aromatic N) is 1. The maximum Gasteiger partial charge on any atom is 0.0494 e. The van der Waals surface area contributed by atoms with E-state index in [4.69, 9.17) is 0 Å². The van der Waals surface area contributed by atoms with Crippen LogP contribution in [0.5, 0.6) is 0 Å². The van der Waals surface area contributed by atoms with Crippen molar-refractivity contribution in [3.63, 3.8) is 0 Å². The second-order valence-corrected chi connectivity index (χ2v) is 6.83. The molecule has 2 unspecified atom stereocenters. The Morgan fingerprint density at radius 3 is 3.00 bits per heavy atom. The van der Waals surface area contributed by atoms with E-state index in [0.29, 0.717) is 5.92 Å². The van der Waals surface area contributed by atoms with Crippen LogP contribution in [0.3, 0.4) is 0 Å². The van der Waals surface area contributed by atoms with Crippen LogP contribution in [0.15, 0.2) is 18.2 Å². The summed E-state index contributed by atoms with van der Waals surface area (Å²) in [6.45, 7) is 8.39. The summed E-state index contributed by atoms with van der Waals surface area (Å²) >= 11 is 0. The SMILES string of the molecule is CC(C)c1cccc2c3c([nH]c12)C1CCCN(CC3)C1. The summed E-state index contributed by atoms with van der Waals surface area (Å²) in [6, 6.07) is 6.85. The molecule has 2 nitrogen and oxygen atoms in total. The minimum atomic E-state index is 0.587. The Balaban J connectivity index is 1.91. The molecule has 1 aromatic carbocycles. The molecule has 0 amide bonds. The van der Waals surface area contributed by atoms with Crippen molar-refractivity contribution in [1.29, 1.82) is 0 Å². The van der Waals surface area contributed by atoms with Crippen molar-refractivity contribution in [2.24, 2.45) is 0 Å². The van der Waals surface area contributed by atoms with E-state index in [-0.39, 0.29) is 0 Å². The summed E-state index contributed by atoms with van der Waals surface area (Å²) in [7, 11) is 0. The molecule has 0 saturated carbocycles. The third-order valence-corrected chi connectivity index (χ3v) is 5.22. The van der Waals surface area contributed by atoms with E-state index in [1.807, 2.05) is 0 Å². The van der Waals surface area contributed by atoms with Crippen LogP contribution in [-0.2, 0) is 6.42 Å². The van der Waals surface area contributed by atoms with Crippen molar-refractivity contribution in [1.82, 2.24) is 9.88 Å². The highest BCUT2D eigenvalue weighted by atomic mass is 15.1. The van der Waals surface area contributed by atoms with Crippen LogP contribution in [-0.4, -0.2) is 29.5 Å². The smallest absolute Gasteiger partial charge is 0.0494 e. The number of hydrogen-bond donors (Lipinski definition) is 1. The van der Waals surface area contributed by atoms with Gasteiger partial charge in [-0.2, -0.15) is 0 Å². The van der Waals surface area contributed by atoms with Gasteiger partial charge in [0.25, 0.3) is 0 Å². The van der Waals surface area contributed by atoms with Gasteiger partial charge in [0.1, 0.15) is 0 Å². The number of aromatic nitrogens is 1. The predicted octanol–water partition coefficient (Wildman–Crippen LogP) is 4.03. The van der Waals surface area contributed by atoms with Crippen LogP contribution in [0.2, 0.25) is 0 Å². The van der Waals surface area contributed by atoms with E-state index in [9.17, 15) is 0 Å². The summed E-state index contributed by atoms with van der Waals surface area (Å²) in [5.41, 5.74) is 6.04. The monoisotopic (exact) mass is 268 g/mol. The van der Waals surface area contributed by atoms with Gasteiger partial charge in [0, 0.05) is 35.6 Å². The molecular formula is C18H24N2. The van der Waals surface area contributed by atoms with Gasteiger partial charge in [0.15, 0.2) is 0 Å². The molecule has 20 heavy (non-hydrogen) atoms. The highest BCUT2D eigenvalue weighted by molar-refractivity contribution is 5.88. The zero-order valence-corrected chi connectivity index (χ0v) is 12.6. The van der Waals surface area contributed by atoms with Gasteiger partial charge in [0.2, 0.25) is 0 Å². The Kier molecular flexibility index (Phi) is 2.88.